The van der Waals surface area contributed by atoms with Crippen molar-refractivity contribution in [1.82, 2.24) is 0 Å². The number of alkyl halides is 1. The van der Waals surface area contributed by atoms with Gasteiger partial charge in [0.2, 0.25) is 0 Å². The molecule has 0 bridgehead atoms. The predicted octanol–water partition coefficient (Wildman–Crippen LogP) is 0.183. The van der Waals surface area contributed by atoms with Crippen LogP contribution in [0.25, 0.3) is 0 Å². The van der Waals surface area contributed by atoms with Crippen LogP contribution in [0.1, 0.15) is 6.92 Å². The zero-order valence-corrected chi connectivity index (χ0v) is 4.87. The minimum absolute atomic E-state index is 0.722. The molecule has 0 heterocycles. The standard InChI is InChI=1S/C2H5ClO2S/c1-2(3)6(4)5/h2,6H,1H3. The van der Waals surface area contributed by atoms with Crippen molar-refractivity contribution in [1.29, 1.82) is 0 Å². The van der Waals surface area contributed by atoms with Crippen molar-refractivity contribution in [3.8, 4) is 0 Å². The summed E-state index contributed by atoms with van der Waals surface area (Å²) in [6.07, 6.45) is 0. The van der Waals surface area contributed by atoms with Gasteiger partial charge in [-0.05, 0) is 6.92 Å². The molecule has 1 atom stereocenters. The van der Waals surface area contributed by atoms with E-state index in [1.807, 2.05) is 0 Å². The van der Waals surface area contributed by atoms with Crippen molar-refractivity contribution >= 4 is 22.3 Å². The van der Waals surface area contributed by atoms with E-state index in [1.54, 1.807) is 0 Å². The molecule has 4 heteroatoms. The topological polar surface area (TPSA) is 34.1 Å². The van der Waals surface area contributed by atoms with Gasteiger partial charge in [-0.1, -0.05) is 0 Å². The summed E-state index contributed by atoms with van der Waals surface area (Å²) in [5.74, 6) is 0. The van der Waals surface area contributed by atoms with Crippen LogP contribution in [0, 0.1) is 0 Å². The summed E-state index contributed by atoms with van der Waals surface area (Å²) in [5, 5.41) is 0. The van der Waals surface area contributed by atoms with Gasteiger partial charge in [-0.15, -0.1) is 11.6 Å². The minimum atomic E-state index is -2.39. The van der Waals surface area contributed by atoms with E-state index in [2.05, 4.69) is 0 Å². The monoisotopic (exact) mass is 128 g/mol. The van der Waals surface area contributed by atoms with Crippen LogP contribution in [0.5, 0.6) is 0 Å². The zero-order valence-electron chi connectivity index (χ0n) is 3.22. The van der Waals surface area contributed by atoms with Crippen molar-refractivity contribution in [3.63, 3.8) is 0 Å². The molecule has 0 N–H and O–H groups in total. The van der Waals surface area contributed by atoms with E-state index in [4.69, 9.17) is 11.6 Å². The maximum atomic E-state index is 9.60. The van der Waals surface area contributed by atoms with E-state index in [0.29, 0.717) is 0 Å². The summed E-state index contributed by atoms with van der Waals surface area (Å²) >= 11 is 5.02. The zero-order chi connectivity index (χ0) is 5.15. The van der Waals surface area contributed by atoms with Gasteiger partial charge in [0.15, 0.2) is 10.7 Å². The second-order valence-electron chi connectivity index (χ2n) is 0.859. The summed E-state index contributed by atoms with van der Waals surface area (Å²) in [4.78, 5) is 0. The molecule has 2 nitrogen and oxygen atoms in total. The molecule has 0 aliphatic heterocycles. The average Bonchev–Trinajstić information content (AvgIpc) is 1.36. The maximum absolute atomic E-state index is 9.60. The lowest BCUT2D eigenvalue weighted by Gasteiger charge is -1.79. The van der Waals surface area contributed by atoms with Gasteiger partial charge in [-0.2, -0.15) is 0 Å². The highest BCUT2D eigenvalue weighted by Gasteiger charge is 1.92. The first-order valence-electron chi connectivity index (χ1n) is 1.42. The molecule has 0 spiro atoms. The SMILES string of the molecule is CC(Cl)[SH](=O)=O. The Morgan fingerprint density at radius 1 is 1.67 bits per heavy atom. The number of rotatable bonds is 1. The summed E-state index contributed by atoms with van der Waals surface area (Å²) in [5.41, 5.74) is 0. The van der Waals surface area contributed by atoms with E-state index < -0.39 is 15.4 Å². The van der Waals surface area contributed by atoms with Gasteiger partial charge in [0.1, 0.15) is 4.71 Å². The third-order valence-corrected chi connectivity index (χ3v) is 1.35. The fourth-order valence-corrected chi connectivity index (χ4v) is 0. The number of hydrogen-bond donors (Lipinski definition) is 1. The van der Waals surface area contributed by atoms with Gasteiger partial charge in [-0.25, -0.2) is 8.42 Å². The smallest absolute Gasteiger partial charge is 0.156 e. The molecule has 38 valence electrons. The Balaban J connectivity index is 3.57. The van der Waals surface area contributed by atoms with Crippen LogP contribution in [0.4, 0.5) is 0 Å². The van der Waals surface area contributed by atoms with E-state index in [-0.39, 0.29) is 0 Å². The quantitative estimate of drug-likeness (QED) is 0.404. The van der Waals surface area contributed by atoms with Crippen molar-refractivity contribution in [2.45, 2.75) is 11.6 Å². The van der Waals surface area contributed by atoms with Crippen LogP contribution in [0.2, 0.25) is 0 Å². The second-order valence-corrected chi connectivity index (χ2v) is 3.16. The Morgan fingerprint density at radius 3 is 1.83 bits per heavy atom. The lowest BCUT2D eigenvalue weighted by molar-refractivity contribution is 0.613. The number of halogens is 1. The predicted molar refractivity (Wildman–Crippen MR) is 25.6 cm³/mol. The molecule has 0 amide bonds. The van der Waals surface area contributed by atoms with Crippen LogP contribution in [0.3, 0.4) is 0 Å². The maximum Gasteiger partial charge on any atom is 0.156 e. The van der Waals surface area contributed by atoms with Crippen LogP contribution in [-0.4, -0.2) is 13.1 Å². The first-order valence-corrected chi connectivity index (χ1v) is 3.10. The highest BCUT2D eigenvalue weighted by atomic mass is 35.5. The van der Waals surface area contributed by atoms with E-state index in [0.717, 1.165) is 0 Å². The molecular weight excluding hydrogens is 124 g/mol. The molecule has 0 rings (SSSR count). The minimum Gasteiger partial charge on any atom is -0.230 e. The van der Waals surface area contributed by atoms with Gasteiger partial charge in [0, 0.05) is 0 Å². The van der Waals surface area contributed by atoms with Crippen molar-refractivity contribution in [2.24, 2.45) is 0 Å². The summed E-state index contributed by atoms with van der Waals surface area (Å²) in [6.45, 7) is 1.41. The third-order valence-electron chi connectivity index (χ3n) is 0.291. The van der Waals surface area contributed by atoms with E-state index >= 15 is 0 Å². The molecule has 0 saturated heterocycles. The highest BCUT2D eigenvalue weighted by molar-refractivity contribution is 7.74. The summed E-state index contributed by atoms with van der Waals surface area (Å²) in [7, 11) is -2.39. The van der Waals surface area contributed by atoms with Gasteiger partial charge < -0.3 is 0 Å². The largest absolute Gasteiger partial charge is 0.230 e. The first kappa shape index (κ1) is 6.24. The number of thiol groups is 1. The van der Waals surface area contributed by atoms with Crippen molar-refractivity contribution in [3.05, 3.63) is 0 Å². The van der Waals surface area contributed by atoms with Crippen molar-refractivity contribution < 1.29 is 8.42 Å². The molecule has 0 aromatic carbocycles. The van der Waals surface area contributed by atoms with Crippen molar-refractivity contribution in [2.75, 3.05) is 0 Å². The second kappa shape index (κ2) is 2.42. The number of hydrogen-bond acceptors (Lipinski definition) is 2. The molecule has 0 aliphatic rings. The Hall–Kier alpha value is 0.240. The van der Waals surface area contributed by atoms with Gasteiger partial charge >= 0.3 is 0 Å². The molecule has 0 aliphatic carbocycles. The third kappa shape index (κ3) is 2.48. The molecule has 0 aromatic rings. The van der Waals surface area contributed by atoms with Crippen LogP contribution in [-0.2, 0) is 10.7 Å². The molecular formula is C2H5ClO2S. The fourth-order valence-electron chi connectivity index (χ4n) is 0. The normalized spacial score (nSPS) is 15.2. The Labute approximate surface area is 43.1 Å². The molecule has 0 saturated carbocycles. The first-order chi connectivity index (χ1) is 2.64. The molecule has 1 unspecified atom stereocenters. The highest BCUT2D eigenvalue weighted by Crippen LogP contribution is 1.89. The van der Waals surface area contributed by atoms with E-state index in [9.17, 15) is 8.42 Å². The lowest BCUT2D eigenvalue weighted by atomic mass is 11.0. The molecule has 0 fully saturated rings. The van der Waals surface area contributed by atoms with Gasteiger partial charge in [0.25, 0.3) is 0 Å². The summed E-state index contributed by atoms with van der Waals surface area (Å²) in [6, 6.07) is 0. The Kier molecular flexibility index (Phi) is 2.52. The van der Waals surface area contributed by atoms with Gasteiger partial charge in [-0.3, -0.25) is 0 Å². The Morgan fingerprint density at radius 2 is 1.83 bits per heavy atom. The molecule has 0 aromatic heterocycles. The molecule has 0 radical (unpaired) electrons. The van der Waals surface area contributed by atoms with Gasteiger partial charge in [0.05, 0.1) is 0 Å². The van der Waals surface area contributed by atoms with Crippen LogP contribution >= 0.6 is 11.6 Å². The van der Waals surface area contributed by atoms with Crippen LogP contribution in [0.15, 0.2) is 0 Å². The van der Waals surface area contributed by atoms with E-state index in [1.165, 1.54) is 6.92 Å². The fraction of sp³-hybridized carbons (Fsp3) is 1.00. The lowest BCUT2D eigenvalue weighted by Crippen LogP contribution is -1.89. The average molecular weight is 129 g/mol. The Bertz CT molecular complexity index is 87.7. The summed E-state index contributed by atoms with van der Waals surface area (Å²) < 4.78 is 18.5. The molecule has 6 heavy (non-hydrogen) atoms. The van der Waals surface area contributed by atoms with Crippen LogP contribution < -0.4 is 0 Å².